The van der Waals surface area contributed by atoms with Gasteiger partial charge in [-0.25, -0.2) is 30.8 Å². The first kappa shape index (κ1) is 72.4. The Hall–Kier alpha value is -9.84. The topological polar surface area (TPSA) is 445 Å². The van der Waals surface area contributed by atoms with Crippen LogP contribution >= 0.6 is 22.6 Å². The Labute approximate surface area is 578 Å². The summed E-state index contributed by atoms with van der Waals surface area (Å²) in [5, 5.41) is 38.9. The van der Waals surface area contributed by atoms with Gasteiger partial charge in [0.15, 0.2) is 18.9 Å². The van der Waals surface area contributed by atoms with E-state index in [4.69, 9.17) is 62.6 Å². The Kier molecular flexibility index (Phi) is 24.3. The van der Waals surface area contributed by atoms with Crippen LogP contribution in [0.3, 0.4) is 0 Å². The van der Waals surface area contributed by atoms with Crippen molar-refractivity contribution in [3.05, 3.63) is 136 Å². The summed E-state index contributed by atoms with van der Waals surface area (Å²) in [5.41, 5.74) is 44.8. The van der Waals surface area contributed by atoms with Gasteiger partial charge in [-0.05, 0) is 112 Å². The fourth-order valence-electron chi connectivity index (χ4n) is 10.4. The first-order valence-electron chi connectivity index (χ1n) is 31.5. The van der Waals surface area contributed by atoms with Crippen molar-refractivity contribution in [1.82, 2.24) is 65.1 Å². The zero-order valence-electron chi connectivity index (χ0n) is 55.1. The summed E-state index contributed by atoms with van der Waals surface area (Å²) in [6, 6.07) is 16.5. The van der Waals surface area contributed by atoms with Gasteiger partial charge in [-0.15, -0.1) is 0 Å². The molecule has 514 valence electrons. The lowest BCUT2D eigenvalue weighted by atomic mass is 9.82. The van der Waals surface area contributed by atoms with E-state index in [1.807, 2.05) is 61.3 Å². The largest absolute Gasteiger partial charge is 0.498 e. The number of ether oxygens (including phenoxy) is 2. The molecule has 11 heterocycles. The summed E-state index contributed by atoms with van der Waals surface area (Å²) in [4.78, 5) is 63.8. The van der Waals surface area contributed by atoms with E-state index in [0.717, 1.165) is 84.3 Å². The molecule has 2 amide bonds. The van der Waals surface area contributed by atoms with Crippen LogP contribution in [0.1, 0.15) is 105 Å². The standard InChI is InChI=1S/C22H22N8O2.C16H27BN2O4.C11H12N4O2.C11H14N4O.C6H5IN2O/c1-12-6-19(32)28-29-20(12)13-2-3-17-18(8-13)27-22(26-17)16-7-14(9-24-21(16)23)15-10-25-30(11-15)4-5-31;1-15(2)16(3,4)23-17(22-15)13-11-18-19(12-13)8-10-21-14-7-5-6-9-20-14;12-11-9(7-17)3-8(4-13-11)10-5-14-15(6-10)1-2-16;1-6-4-10(16)14-15-11(6)7-2-3-8(12)9(13)5-7;7-5-1-4(3-10)6(8)9-2-5/h2-3,7-12,31H,4-6H2,1H3,(H2,23,24)(H,26,27)(H,28,32);11-12,14H,5-10H2,1-4H3;3-7,16H,1-2H2,(H2,12,13);2-3,5-6H,4,12-13H2,1H3,(H,14,16);1-3H,(H2,8,9). The predicted octanol–water partition coefficient (Wildman–Crippen LogP) is 5.77. The molecule has 3 atom stereocenters. The van der Waals surface area contributed by atoms with Crippen LogP contribution in [-0.4, -0.2) is 151 Å². The number of aromatic amines is 1. The lowest BCUT2D eigenvalue weighted by Crippen LogP contribution is -2.41. The quantitative estimate of drug-likeness (QED) is 0.0237. The van der Waals surface area contributed by atoms with Gasteiger partial charge in [-0.3, -0.25) is 33.2 Å². The fraction of sp³-hybridized carbons (Fsp3) is 0.348. The summed E-state index contributed by atoms with van der Waals surface area (Å²) < 4.78 is 29.4. The SMILES string of the molecule is CC1(C)OB(c2cnn(CCOC3CCCCO3)c2)OC1(C)C.CC1CC(=O)NN=C1c1ccc(N)c(N)c1.CC1CC(=O)NN=C1c1ccc2nc(-c3cc(-c4cnn(CCO)c4)cnc3N)[nH]c2c1.Nc1ncc(-c2cnn(CCO)c2)cc1C=O.Nc1ncc(I)cc1C=O. The van der Waals surface area contributed by atoms with E-state index < -0.39 is 0 Å². The summed E-state index contributed by atoms with van der Waals surface area (Å²) in [6.45, 7) is 15.1. The number of nitrogen functional groups attached to an aromatic ring is 5. The number of carbonyl (C=O) groups is 4. The highest BCUT2D eigenvalue weighted by Crippen LogP contribution is 2.37. The van der Waals surface area contributed by atoms with Gasteiger partial charge < -0.3 is 62.6 Å². The second kappa shape index (κ2) is 32.9. The van der Waals surface area contributed by atoms with Crippen molar-refractivity contribution in [2.75, 3.05) is 55.1 Å². The zero-order valence-corrected chi connectivity index (χ0v) is 57.3. The number of aromatic nitrogens is 11. The van der Waals surface area contributed by atoms with Crippen LogP contribution in [0.2, 0.25) is 0 Å². The molecular weight excluding hydrogens is 1370 g/mol. The van der Waals surface area contributed by atoms with Crippen LogP contribution in [0.15, 0.2) is 121 Å². The van der Waals surface area contributed by atoms with Gasteiger partial charge in [0, 0.05) is 117 Å². The second-order valence-corrected chi connectivity index (χ2v) is 25.6. The molecule has 15 N–H and O–H groups in total. The molecule has 9 aromatic rings. The van der Waals surface area contributed by atoms with E-state index in [9.17, 15) is 19.2 Å². The van der Waals surface area contributed by atoms with E-state index in [0.29, 0.717) is 91.4 Å². The molecule has 2 aromatic carbocycles. The molecule has 3 unspecified atom stereocenters. The number of rotatable bonds is 16. The van der Waals surface area contributed by atoms with Gasteiger partial charge in [-0.1, -0.05) is 26.0 Å². The van der Waals surface area contributed by atoms with Crippen molar-refractivity contribution in [1.29, 1.82) is 0 Å². The van der Waals surface area contributed by atoms with Crippen molar-refractivity contribution in [2.24, 2.45) is 22.0 Å². The molecule has 0 radical (unpaired) electrons. The third kappa shape index (κ3) is 18.6. The average Bonchev–Trinajstić information content (AvgIpc) is 1.62. The number of fused-ring (bicyclic) bond motifs is 1. The Morgan fingerprint density at radius 1 is 0.643 bits per heavy atom. The molecule has 32 heteroatoms. The van der Waals surface area contributed by atoms with Gasteiger partial charge in [0.05, 0.1) is 114 Å². The van der Waals surface area contributed by atoms with E-state index in [2.05, 4.69) is 107 Å². The number of hydrogen-bond acceptors (Lipinski definition) is 24. The first-order chi connectivity index (χ1) is 46.9. The first-order valence-corrected chi connectivity index (χ1v) is 32.6. The highest BCUT2D eigenvalue weighted by molar-refractivity contribution is 14.1. The van der Waals surface area contributed by atoms with Gasteiger partial charge in [0.2, 0.25) is 11.8 Å². The number of nitrogens with zero attached hydrogens (tertiary/aromatic N) is 12. The number of imidazole rings is 1. The molecular formula is C66H80BIN20O10. The molecule has 0 spiro atoms. The average molecular weight is 1450 g/mol. The number of hydrogen-bond donors (Lipinski definition) is 10. The number of carbonyl (C=O) groups excluding carboxylic acids is 4. The minimum absolute atomic E-state index is 0.0188. The van der Waals surface area contributed by atoms with Gasteiger partial charge in [0.1, 0.15) is 23.3 Å². The molecule has 30 nitrogen and oxygen atoms in total. The zero-order chi connectivity index (χ0) is 70.3. The molecule has 0 bridgehead atoms. The number of halogens is 1. The van der Waals surface area contributed by atoms with Crippen molar-refractivity contribution in [2.45, 2.75) is 111 Å². The van der Waals surface area contributed by atoms with E-state index in [1.165, 1.54) is 6.42 Å². The highest BCUT2D eigenvalue weighted by atomic mass is 127. The van der Waals surface area contributed by atoms with Crippen molar-refractivity contribution in [3.63, 3.8) is 0 Å². The van der Waals surface area contributed by atoms with Crippen molar-refractivity contribution >= 4 is 111 Å². The van der Waals surface area contributed by atoms with Crippen LogP contribution < -0.4 is 45.0 Å². The number of pyridine rings is 3. The maximum atomic E-state index is 11.6. The summed E-state index contributed by atoms with van der Waals surface area (Å²) in [7, 11) is -0.364. The summed E-state index contributed by atoms with van der Waals surface area (Å²) in [6.07, 6.45) is 21.1. The molecule has 2 fully saturated rings. The summed E-state index contributed by atoms with van der Waals surface area (Å²) >= 11 is 2.07. The normalized spacial score (nSPS) is 17.6. The number of hydrazone groups is 2. The lowest BCUT2D eigenvalue weighted by molar-refractivity contribution is -0.163. The van der Waals surface area contributed by atoms with Crippen molar-refractivity contribution < 1.29 is 48.2 Å². The van der Waals surface area contributed by atoms with Gasteiger partial charge in [0.25, 0.3) is 0 Å². The fourth-order valence-corrected chi connectivity index (χ4v) is 10.8. The number of amides is 2. The van der Waals surface area contributed by atoms with Crippen LogP contribution in [-0.2, 0) is 48.0 Å². The lowest BCUT2D eigenvalue weighted by Gasteiger charge is -2.32. The Morgan fingerprint density at radius 2 is 1.19 bits per heavy atom. The predicted molar refractivity (Wildman–Crippen MR) is 381 cm³/mol. The van der Waals surface area contributed by atoms with Crippen LogP contribution in [0, 0.1) is 15.4 Å². The number of aliphatic hydroxyl groups excluding tert-OH is 2. The number of nitrogens with two attached hydrogens (primary N) is 5. The molecule has 4 aliphatic rings. The van der Waals surface area contributed by atoms with Crippen LogP contribution in [0.5, 0.6) is 0 Å². The number of anilines is 5. The van der Waals surface area contributed by atoms with Gasteiger partial charge in [-0.2, -0.15) is 25.5 Å². The Morgan fingerprint density at radius 3 is 1.76 bits per heavy atom. The smallest absolute Gasteiger partial charge is 0.399 e. The summed E-state index contributed by atoms with van der Waals surface area (Å²) in [5.74, 6) is 1.48. The maximum Gasteiger partial charge on any atom is 0.498 e. The van der Waals surface area contributed by atoms with E-state index in [1.54, 1.807) is 77.0 Å². The Bertz CT molecular complexity index is 4320. The number of H-pyrrole nitrogens is 1. The van der Waals surface area contributed by atoms with E-state index in [-0.39, 0.29) is 73.1 Å². The molecule has 4 aliphatic heterocycles. The molecule has 13 rings (SSSR count). The molecule has 7 aromatic heterocycles. The van der Waals surface area contributed by atoms with E-state index >= 15 is 0 Å². The van der Waals surface area contributed by atoms with Crippen molar-refractivity contribution in [3.8, 4) is 33.6 Å². The molecule has 98 heavy (non-hydrogen) atoms. The molecule has 2 saturated heterocycles. The van der Waals surface area contributed by atoms with Crippen LogP contribution in [0.25, 0.3) is 44.7 Å². The monoisotopic (exact) mass is 1450 g/mol. The maximum absolute atomic E-state index is 11.6. The number of aliphatic hydroxyl groups is 2. The van der Waals surface area contributed by atoms with Crippen LogP contribution in [0.4, 0.5) is 28.8 Å². The number of benzene rings is 2. The number of nitrogens with one attached hydrogen (secondary N) is 3. The third-order valence-electron chi connectivity index (χ3n) is 16.5. The Balaban J connectivity index is 0.000000151. The van der Waals surface area contributed by atoms with Gasteiger partial charge >= 0.3 is 7.12 Å². The molecule has 0 aliphatic carbocycles. The minimum Gasteiger partial charge on any atom is -0.399 e. The number of aldehydes is 2. The third-order valence-corrected chi connectivity index (χ3v) is 17.1. The highest BCUT2D eigenvalue weighted by Gasteiger charge is 2.52. The second-order valence-electron chi connectivity index (χ2n) is 24.4. The minimum atomic E-state index is -0.364. The molecule has 0 saturated carbocycles.